The van der Waals surface area contributed by atoms with Crippen molar-refractivity contribution in [2.45, 2.75) is 32.8 Å². The molecule has 0 spiro atoms. The number of Topliss-reactive ketones (excluding diaryl/α,β-unsaturated/α-hetero) is 1. The number of hydrogen-bond donors (Lipinski definition) is 0. The van der Waals surface area contributed by atoms with Crippen LogP contribution in [0.15, 0.2) is 36.7 Å². The first-order valence-corrected chi connectivity index (χ1v) is 6.94. The second kappa shape index (κ2) is 6.83. The number of carbonyl (C=O) groups excluding carboxylic acids is 2. The summed E-state index contributed by atoms with van der Waals surface area (Å²) >= 11 is 0. The zero-order chi connectivity index (χ0) is 15.2. The Balaban J connectivity index is 2.21. The number of rotatable bonds is 7. The molecule has 5 nitrogen and oxygen atoms in total. The van der Waals surface area contributed by atoms with Crippen LogP contribution < -0.4 is 4.74 Å². The highest BCUT2D eigenvalue weighted by atomic mass is 16.5. The molecule has 0 fully saturated rings. The molecular weight excluding hydrogens is 268 g/mol. The van der Waals surface area contributed by atoms with Gasteiger partial charge in [-0.1, -0.05) is 6.92 Å². The summed E-state index contributed by atoms with van der Waals surface area (Å²) in [6, 6.07) is 6.98. The molecule has 1 atom stereocenters. The molecule has 0 aliphatic rings. The molecule has 2 aromatic rings. The van der Waals surface area contributed by atoms with Gasteiger partial charge in [0.15, 0.2) is 18.2 Å². The smallest absolute Gasteiger partial charge is 0.172 e. The number of hydrogen-bond acceptors (Lipinski definition) is 4. The maximum absolute atomic E-state index is 11.8. The minimum Gasteiger partial charge on any atom is -0.482 e. The van der Waals surface area contributed by atoms with Crippen molar-refractivity contribution in [2.75, 3.05) is 0 Å². The lowest BCUT2D eigenvalue weighted by atomic mass is 10.1. The second-order valence-electron chi connectivity index (χ2n) is 4.77. The third-order valence-corrected chi connectivity index (χ3v) is 3.14. The van der Waals surface area contributed by atoms with Crippen LogP contribution in [0.2, 0.25) is 0 Å². The Morgan fingerprint density at radius 3 is 2.90 bits per heavy atom. The van der Waals surface area contributed by atoms with Crippen LogP contribution in [0.4, 0.5) is 0 Å². The fourth-order valence-electron chi connectivity index (χ4n) is 2.01. The predicted octanol–water partition coefficient (Wildman–Crippen LogP) is 2.82. The maximum atomic E-state index is 11.8. The average molecular weight is 286 g/mol. The van der Waals surface area contributed by atoms with E-state index in [1.54, 1.807) is 48.3 Å². The molecule has 0 aliphatic carbocycles. The highest BCUT2D eigenvalue weighted by Gasteiger charge is 2.15. The van der Waals surface area contributed by atoms with Crippen molar-refractivity contribution in [1.82, 2.24) is 9.78 Å². The summed E-state index contributed by atoms with van der Waals surface area (Å²) < 4.78 is 7.27. The highest BCUT2D eigenvalue weighted by molar-refractivity contribution is 5.84. The zero-order valence-electron chi connectivity index (χ0n) is 12.2. The Labute approximate surface area is 123 Å². The Morgan fingerprint density at radius 1 is 1.48 bits per heavy atom. The lowest BCUT2D eigenvalue weighted by molar-refractivity contribution is -0.125. The van der Waals surface area contributed by atoms with Crippen molar-refractivity contribution in [3.05, 3.63) is 42.2 Å². The van der Waals surface area contributed by atoms with Gasteiger partial charge >= 0.3 is 0 Å². The van der Waals surface area contributed by atoms with Gasteiger partial charge in [0.05, 0.1) is 11.3 Å². The van der Waals surface area contributed by atoms with Crippen molar-refractivity contribution in [1.29, 1.82) is 0 Å². The number of benzene rings is 1. The van der Waals surface area contributed by atoms with Crippen molar-refractivity contribution in [2.24, 2.45) is 0 Å². The minimum atomic E-state index is -0.556. The fourth-order valence-corrected chi connectivity index (χ4v) is 2.01. The summed E-state index contributed by atoms with van der Waals surface area (Å²) in [5.41, 5.74) is 1.17. The quantitative estimate of drug-likeness (QED) is 0.734. The Kier molecular flexibility index (Phi) is 4.87. The summed E-state index contributed by atoms with van der Waals surface area (Å²) in [5, 5.41) is 4.11. The van der Waals surface area contributed by atoms with E-state index in [1.807, 2.05) is 6.92 Å². The van der Waals surface area contributed by atoms with Crippen LogP contribution in [0.25, 0.3) is 5.69 Å². The average Bonchev–Trinajstić information content (AvgIpc) is 3.02. The summed E-state index contributed by atoms with van der Waals surface area (Å²) in [6.07, 6.45) is 4.88. The van der Waals surface area contributed by atoms with Gasteiger partial charge in [-0.3, -0.25) is 9.59 Å². The first kappa shape index (κ1) is 15.0. The van der Waals surface area contributed by atoms with Gasteiger partial charge in [-0.2, -0.15) is 5.10 Å². The zero-order valence-corrected chi connectivity index (χ0v) is 12.2. The van der Waals surface area contributed by atoms with Crippen LogP contribution in [-0.4, -0.2) is 28.0 Å². The molecular formula is C16H18N2O3. The van der Waals surface area contributed by atoms with Gasteiger partial charge in [0.2, 0.25) is 0 Å². The molecule has 0 N–H and O–H groups in total. The predicted molar refractivity (Wildman–Crippen MR) is 79.0 cm³/mol. The van der Waals surface area contributed by atoms with E-state index in [9.17, 15) is 9.59 Å². The molecule has 1 aromatic carbocycles. The van der Waals surface area contributed by atoms with Crippen LogP contribution in [0.3, 0.4) is 0 Å². The van der Waals surface area contributed by atoms with Crippen molar-refractivity contribution in [3.63, 3.8) is 0 Å². The first-order valence-electron chi connectivity index (χ1n) is 6.94. The van der Waals surface area contributed by atoms with E-state index < -0.39 is 6.10 Å². The molecule has 0 bridgehead atoms. The molecule has 0 saturated heterocycles. The Morgan fingerprint density at radius 2 is 2.29 bits per heavy atom. The molecule has 0 amide bonds. The summed E-state index contributed by atoms with van der Waals surface area (Å²) in [7, 11) is 0. The van der Waals surface area contributed by atoms with Gasteiger partial charge in [0.25, 0.3) is 0 Å². The molecule has 1 aromatic heterocycles. The molecule has 110 valence electrons. The lowest BCUT2D eigenvalue weighted by Crippen LogP contribution is -2.23. The number of nitrogens with zero attached hydrogens (tertiary/aromatic N) is 2. The van der Waals surface area contributed by atoms with Crippen LogP contribution in [-0.2, 0) is 4.79 Å². The van der Waals surface area contributed by atoms with Gasteiger partial charge in [-0.05, 0) is 37.6 Å². The summed E-state index contributed by atoms with van der Waals surface area (Å²) in [4.78, 5) is 23.0. The fraction of sp³-hybridized carbons (Fsp3) is 0.312. The molecule has 1 heterocycles. The number of aromatic nitrogens is 2. The van der Waals surface area contributed by atoms with Gasteiger partial charge in [-0.25, -0.2) is 4.68 Å². The van der Waals surface area contributed by atoms with E-state index in [0.29, 0.717) is 17.7 Å². The van der Waals surface area contributed by atoms with Gasteiger partial charge in [0, 0.05) is 18.8 Å². The SMILES string of the molecule is CCCC(=O)C(C)Oc1ccc(-n2cccn2)cc1C=O. The molecule has 1 unspecified atom stereocenters. The molecule has 5 heteroatoms. The molecule has 0 aliphatic heterocycles. The van der Waals surface area contributed by atoms with Crippen molar-refractivity contribution in [3.8, 4) is 11.4 Å². The third-order valence-electron chi connectivity index (χ3n) is 3.14. The second-order valence-corrected chi connectivity index (χ2v) is 4.77. The van der Waals surface area contributed by atoms with Gasteiger partial charge < -0.3 is 4.74 Å². The molecule has 2 rings (SSSR count). The third kappa shape index (κ3) is 3.56. The van der Waals surface area contributed by atoms with Crippen LogP contribution in [0.5, 0.6) is 5.75 Å². The monoisotopic (exact) mass is 286 g/mol. The standard InChI is InChI=1S/C16H18N2O3/c1-3-5-15(20)12(2)21-16-7-6-14(10-13(16)11-19)18-9-4-8-17-18/h4,6-12H,3,5H2,1-2H3. The van der Waals surface area contributed by atoms with Crippen LogP contribution in [0.1, 0.15) is 37.0 Å². The van der Waals surface area contributed by atoms with E-state index in [0.717, 1.165) is 18.4 Å². The van der Waals surface area contributed by atoms with E-state index in [4.69, 9.17) is 4.74 Å². The van der Waals surface area contributed by atoms with E-state index in [2.05, 4.69) is 5.10 Å². The number of aldehydes is 1. The Bertz CT molecular complexity index is 620. The molecule has 21 heavy (non-hydrogen) atoms. The lowest BCUT2D eigenvalue weighted by Gasteiger charge is -2.15. The Hall–Kier alpha value is -2.43. The number of ether oxygens (including phenoxy) is 1. The minimum absolute atomic E-state index is 0.0329. The maximum Gasteiger partial charge on any atom is 0.172 e. The topological polar surface area (TPSA) is 61.2 Å². The van der Waals surface area contributed by atoms with Crippen molar-refractivity contribution >= 4 is 12.1 Å². The number of carbonyl (C=O) groups is 2. The van der Waals surface area contributed by atoms with Crippen LogP contribution in [0, 0.1) is 0 Å². The molecule has 0 radical (unpaired) electrons. The normalized spacial score (nSPS) is 11.9. The number of ketones is 1. The van der Waals surface area contributed by atoms with E-state index in [1.165, 1.54) is 0 Å². The first-order chi connectivity index (χ1) is 10.2. The molecule has 0 saturated carbocycles. The van der Waals surface area contributed by atoms with E-state index >= 15 is 0 Å². The highest BCUT2D eigenvalue weighted by Crippen LogP contribution is 2.22. The summed E-state index contributed by atoms with van der Waals surface area (Å²) in [5.74, 6) is 0.448. The van der Waals surface area contributed by atoms with Gasteiger partial charge in [0.1, 0.15) is 5.75 Å². The van der Waals surface area contributed by atoms with Crippen LogP contribution >= 0.6 is 0 Å². The van der Waals surface area contributed by atoms with E-state index in [-0.39, 0.29) is 5.78 Å². The summed E-state index contributed by atoms with van der Waals surface area (Å²) in [6.45, 7) is 3.65. The van der Waals surface area contributed by atoms with Gasteiger partial charge in [-0.15, -0.1) is 0 Å². The largest absolute Gasteiger partial charge is 0.482 e. The van der Waals surface area contributed by atoms with Crippen molar-refractivity contribution < 1.29 is 14.3 Å².